The number of ether oxygens (including phenoxy) is 1. The highest BCUT2D eigenvalue weighted by molar-refractivity contribution is 7.71. The Labute approximate surface area is 173 Å². The van der Waals surface area contributed by atoms with E-state index in [1.807, 2.05) is 48.7 Å². The quantitative estimate of drug-likeness (QED) is 0.425. The lowest BCUT2D eigenvalue weighted by Gasteiger charge is -2.18. The molecule has 0 saturated carbocycles. The van der Waals surface area contributed by atoms with E-state index >= 15 is 0 Å². The van der Waals surface area contributed by atoms with Gasteiger partial charge in [-0.05, 0) is 41.9 Å². The Balaban J connectivity index is 1.44. The molecule has 3 aromatic rings. The molecule has 0 saturated heterocycles. The molecule has 0 aliphatic carbocycles. The molecule has 3 rings (SSSR count). The molecule has 2 aromatic carbocycles. The first-order chi connectivity index (χ1) is 14.0. The molecular weight excluding hydrogens is 390 g/mol. The molecule has 0 radical (unpaired) electrons. The summed E-state index contributed by atoms with van der Waals surface area (Å²) in [6.07, 6.45) is 1.09. The summed E-state index contributed by atoms with van der Waals surface area (Å²) in [5.74, 6) is 0. The SMILES string of the molecule is O=C(NCCC(O)C(O)c1ccc(-n2cc[nH]c2=S)cc1)OCc1ccccc1. The zero-order valence-electron chi connectivity index (χ0n) is 15.7. The van der Waals surface area contributed by atoms with Crippen LogP contribution in [-0.4, -0.2) is 38.5 Å². The van der Waals surface area contributed by atoms with Crippen LogP contribution in [0.15, 0.2) is 67.0 Å². The number of nitrogens with zero attached hydrogens (tertiary/aromatic N) is 1. The zero-order valence-corrected chi connectivity index (χ0v) is 16.5. The molecule has 0 bridgehead atoms. The normalized spacial score (nSPS) is 12.9. The average molecular weight is 413 g/mol. The van der Waals surface area contributed by atoms with Crippen LogP contribution in [0.4, 0.5) is 4.79 Å². The van der Waals surface area contributed by atoms with E-state index in [1.165, 1.54) is 0 Å². The van der Waals surface area contributed by atoms with Crippen molar-refractivity contribution in [3.8, 4) is 5.69 Å². The second-order valence-electron chi connectivity index (χ2n) is 6.52. The molecule has 0 aliphatic heterocycles. The van der Waals surface area contributed by atoms with E-state index in [-0.39, 0.29) is 19.6 Å². The predicted molar refractivity (Wildman–Crippen MR) is 111 cm³/mol. The first-order valence-electron chi connectivity index (χ1n) is 9.21. The molecule has 0 aliphatic rings. The lowest BCUT2D eigenvalue weighted by molar-refractivity contribution is 0.0136. The van der Waals surface area contributed by atoms with E-state index in [0.29, 0.717) is 10.3 Å². The summed E-state index contributed by atoms with van der Waals surface area (Å²) in [4.78, 5) is 14.6. The fourth-order valence-electron chi connectivity index (χ4n) is 2.83. The van der Waals surface area contributed by atoms with Gasteiger partial charge in [-0.3, -0.25) is 4.57 Å². The number of amides is 1. The molecule has 29 heavy (non-hydrogen) atoms. The van der Waals surface area contributed by atoms with Crippen molar-refractivity contribution in [2.24, 2.45) is 0 Å². The van der Waals surface area contributed by atoms with Crippen LogP contribution in [0.5, 0.6) is 0 Å². The number of aromatic amines is 1. The first-order valence-corrected chi connectivity index (χ1v) is 9.62. The Morgan fingerprint density at radius 3 is 2.52 bits per heavy atom. The van der Waals surface area contributed by atoms with Gasteiger partial charge in [0.2, 0.25) is 0 Å². The van der Waals surface area contributed by atoms with Crippen LogP contribution in [0.1, 0.15) is 23.7 Å². The maximum Gasteiger partial charge on any atom is 0.407 e. The van der Waals surface area contributed by atoms with Gasteiger partial charge in [0, 0.05) is 24.6 Å². The fraction of sp³-hybridized carbons (Fsp3) is 0.238. The average Bonchev–Trinajstić information content (AvgIpc) is 3.18. The van der Waals surface area contributed by atoms with Crippen molar-refractivity contribution in [2.75, 3.05) is 6.54 Å². The minimum Gasteiger partial charge on any atom is -0.445 e. The summed E-state index contributed by atoms with van der Waals surface area (Å²) < 4.78 is 7.48. The number of imidazole rings is 1. The third-order valence-electron chi connectivity index (χ3n) is 4.45. The number of H-pyrrole nitrogens is 1. The number of benzene rings is 2. The van der Waals surface area contributed by atoms with Gasteiger partial charge >= 0.3 is 6.09 Å². The molecule has 7 nitrogen and oxygen atoms in total. The Morgan fingerprint density at radius 1 is 1.14 bits per heavy atom. The van der Waals surface area contributed by atoms with Gasteiger partial charge < -0.3 is 25.3 Å². The zero-order chi connectivity index (χ0) is 20.6. The van der Waals surface area contributed by atoms with Crippen LogP contribution in [0, 0.1) is 4.77 Å². The smallest absolute Gasteiger partial charge is 0.407 e. The van der Waals surface area contributed by atoms with Crippen LogP contribution in [0.3, 0.4) is 0 Å². The molecule has 0 spiro atoms. The summed E-state index contributed by atoms with van der Waals surface area (Å²) in [6, 6.07) is 16.5. The third-order valence-corrected chi connectivity index (χ3v) is 4.76. The monoisotopic (exact) mass is 413 g/mol. The molecule has 2 unspecified atom stereocenters. The highest BCUT2D eigenvalue weighted by atomic mass is 32.1. The van der Waals surface area contributed by atoms with Crippen molar-refractivity contribution < 1.29 is 19.7 Å². The summed E-state index contributed by atoms with van der Waals surface area (Å²) in [6.45, 7) is 0.359. The Hall–Kier alpha value is -2.94. The van der Waals surface area contributed by atoms with Crippen LogP contribution in [-0.2, 0) is 11.3 Å². The largest absolute Gasteiger partial charge is 0.445 e. The molecule has 4 N–H and O–H groups in total. The van der Waals surface area contributed by atoms with E-state index in [0.717, 1.165) is 11.3 Å². The number of hydrogen-bond acceptors (Lipinski definition) is 5. The second-order valence-corrected chi connectivity index (χ2v) is 6.90. The van der Waals surface area contributed by atoms with Crippen molar-refractivity contribution in [3.05, 3.63) is 82.9 Å². The van der Waals surface area contributed by atoms with Gasteiger partial charge in [-0.15, -0.1) is 0 Å². The third kappa shape index (κ3) is 5.77. The molecule has 1 amide bonds. The van der Waals surface area contributed by atoms with Crippen LogP contribution in [0.25, 0.3) is 5.69 Å². The maximum atomic E-state index is 11.7. The Kier molecular flexibility index (Phi) is 7.18. The lowest BCUT2D eigenvalue weighted by Crippen LogP contribution is -2.29. The standard InChI is InChI=1S/C21H23N3O4S/c25-18(10-11-23-21(27)28-14-15-4-2-1-3-5-15)19(26)16-6-8-17(9-7-16)24-13-12-22-20(24)29/h1-9,12-13,18-19,25-26H,10-11,14H2,(H,22,29)(H,23,27). The summed E-state index contributed by atoms with van der Waals surface area (Å²) >= 11 is 5.18. The van der Waals surface area contributed by atoms with Gasteiger partial charge in [0.05, 0.1) is 6.10 Å². The first kappa shape index (κ1) is 20.8. The number of aliphatic hydroxyl groups excluding tert-OH is 2. The molecule has 0 fully saturated rings. The summed E-state index contributed by atoms with van der Waals surface area (Å²) in [5, 5.41) is 23.1. The number of rotatable bonds is 8. The van der Waals surface area contributed by atoms with Gasteiger partial charge in [0.1, 0.15) is 12.7 Å². The molecule has 1 aromatic heterocycles. The van der Waals surface area contributed by atoms with Crippen molar-refractivity contribution in [1.82, 2.24) is 14.9 Å². The summed E-state index contributed by atoms with van der Waals surface area (Å²) in [5.41, 5.74) is 2.32. The topological polar surface area (TPSA) is 99.5 Å². The molecular formula is C21H23N3O4S. The second kappa shape index (κ2) is 10.0. The van der Waals surface area contributed by atoms with Gasteiger partial charge in [0.25, 0.3) is 0 Å². The van der Waals surface area contributed by atoms with Gasteiger partial charge in [-0.1, -0.05) is 42.5 Å². The van der Waals surface area contributed by atoms with E-state index in [1.54, 1.807) is 22.9 Å². The molecule has 2 atom stereocenters. The number of alkyl carbamates (subject to hydrolysis) is 1. The van der Waals surface area contributed by atoms with E-state index in [2.05, 4.69) is 10.3 Å². The molecule has 152 valence electrons. The van der Waals surface area contributed by atoms with Gasteiger partial charge in [-0.2, -0.15) is 0 Å². The molecule has 1 heterocycles. The van der Waals surface area contributed by atoms with E-state index < -0.39 is 18.3 Å². The Morgan fingerprint density at radius 2 is 1.86 bits per heavy atom. The number of aliphatic hydroxyl groups is 2. The van der Waals surface area contributed by atoms with Crippen molar-refractivity contribution in [1.29, 1.82) is 0 Å². The van der Waals surface area contributed by atoms with Crippen molar-refractivity contribution >= 4 is 18.3 Å². The minimum atomic E-state index is -1.06. The van der Waals surface area contributed by atoms with Gasteiger partial charge in [-0.25, -0.2) is 4.79 Å². The van der Waals surface area contributed by atoms with Crippen molar-refractivity contribution in [3.63, 3.8) is 0 Å². The summed E-state index contributed by atoms with van der Waals surface area (Å²) in [7, 11) is 0. The number of carbonyl (C=O) groups excluding carboxylic acids is 1. The number of nitrogens with one attached hydrogen (secondary N) is 2. The minimum absolute atomic E-state index is 0.176. The lowest BCUT2D eigenvalue weighted by atomic mass is 10.0. The van der Waals surface area contributed by atoms with Crippen LogP contribution in [0.2, 0.25) is 0 Å². The van der Waals surface area contributed by atoms with Crippen LogP contribution >= 0.6 is 12.2 Å². The fourth-order valence-corrected chi connectivity index (χ4v) is 3.07. The van der Waals surface area contributed by atoms with E-state index in [9.17, 15) is 15.0 Å². The number of aromatic nitrogens is 2. The van der Waals surface area contributed by atoms with Gasteiger partial charge in [0.15, 0.2) is 4.77 Å². The Bertz CT molecular complexity index is 969. The highest BCUT2D eigenvalue weighted by Gasteiger charge is 2.18. The number of carbonyl (C=O) groups is 1. The predicted octanol–water partition coefficient (Wildman–Crippen LogP) is 3.25. The van der Waals surface area contributed by atoms with Crippen molar-refractivity contribution in [2.45, 2.75) is 25.2 Å². The van der Waals surface area contributed by atoms with E-state index in [4.69, 9.17) is 17.0 Å². The number of hydrogen-bond donors (Lipinski definition) is 4. The maximum absolute atomic E-state index is 11.7. The molecule has 8 heteroatoms. The van der Waals surface area contributed by atoms with Crippen LogP contribution < -0.4 is 5.32 Å². The highest BCUT2D eigenvalue weighted by Crippen LogP contribution is 2.20.